The van der Waals surface area contributed by atoms with Crippen LogP contribution in [-0.2, 0) is 0 Å². The minimum absolute atomic E-state index is 0.0654. The molecule has 0 bridgehead atoms. The minimum atomic E-state index is -0.699. The molecule has 0 spiro atoms. The van der Waals surface area contributed by atoms with E-state index in [2.05, 4.69) is 19.7 Å². The van der Waals surface area contributed by atoms with Crippen LogP contribution in [0.1, 0.15) is 90.6 Å². The lowest BCUT2D eigenvalue weighted by Gasteiger charge is -2.14. The molecule has 0 radical (unpaired) electrons. The summed E-state index contributed by atoms with van der Waals surface area (Å²) in [6.45, 7) is 14.9. The first-order valence-electron chi connectivity index (χ1n) is 18.1. The molecule has 0 atom stereocenters. The number of nitrogens with zero attached hydrogens (tertiary/aromatic N) is 2. The second kappa shape index (κ2) is 17.4. The van der Waals surface area contributed by atoms with Gasteiger partial charge in [-0.15, -0.1) is 13.2 Å². The second-order valence-corrected chi connectivity index (χ2v) is 13.3. The van der Waals surface area contributed by atoms with Crippen molar-refractivity contribution >= 4 is 47.1 Å². The van der Waals surface area contributed by atoms with Crippen molar-refractivity contribution in [3.8, 4) is 17.2 Å². The number of aryl methyl sites for hydroxylation is 1. The Balaban J connectivity index is 0.000000204. The number of rotatable bonds is 11. The lowest BCUT2D eigenvalue weighted by atomic mass is 10.0. The molecule has 59 heavy (non-hydrogen) atoms. The zero-order chi connectivity index (χ0) is 42.4. The zero-order valence-corrected chi connectivity index (χ0v) is 32.1. The molecule has 0 fully saturated rings. The van der Waals surface area contributed by atoms with E-state index in [-0.39, 0.29) is 46.2 Å². The SMILES string of the molecule is C=CCN1C(=C)c2ccc(C(=O)Oc3ccc(C(C)=O)cc3)cc2C1=O.C=CCN1C(=O)c2ccc(C(=O)Oc3ccc(C(=O)Oc4ccc(C)cc4)cc3)cc2C1=O. The van der Waals surface area contributed by atoms with Crippen LogP contribution < -0.4 is 14.2 Å². The fraction of sp³-hybridized carbons (Fsp3) is 0.0851. The second-order valence-electron chi connectivity index (χ2n) is 13.3. The smallest absolute Gasteiger partial charge is 0.343 e. The molecule has 0 aromatic heterocycles. The van der Waals surface area contributed by atoms with Crippen LogP contribution in [0.3, 0.4) is 0 Å². The summed E-state index contributed by atoms with van der Waals surface area (Å²) in [5, 5.41) is 0. The number of esters is 3. The van der Waals surface area contributed by atoms with Crippen LogP contribution in [0.2, 0.25) is 0 Å². The number of Topliss-reactive ketones (excluding diaryl/α,β-unsaturated/α-hetero) is 1. The van der Waals surface area contributed by atoms with E-state index in [4.69, 9.17) is 14.2 Å². The number of ketones is 1. The summed E-state index contributed by atoms with van der Waals surface area (Å²) in [6, 6.07) is 28.3. The van der Waals surface area contributed by atoms with Crippen molar-refractivity contribution in [2.45, 2.75) is 13.8 Å². The molecule has 0 unspecified atom stereocenters. The summed E-state index contributed by atoms with van der Waals surface area (Å²) in [5.41, 5.74) is 4.34. The summed E-state index contributed by atoms with van der Waals surface area (Å²) in [5.74, 6) is -2.05. The molecule has 3 amide bonds. The summed E-state index contributed by atoms with van der Waals surface area (Å²) in [7, 11) is 0. The average molecular weight is 789 g/mol. The van der Waals surface area contributed by atoms with E-state index in [1.165, 1.54) is 66.4 Å². The molecule has 12 heteroatoms. The highest BCUT2D eigenvalue weighted by Gasteiger charge is 2.35. The fourth-order valence-electron chi connectivity index (χ4n) is 6.07. The van der Waals surface area contributed by atoms with Crippen molar-refractivity contribution in [3.05, 3.63) is 191 Å². The van der Waals surface area contributed by atoms with Gasteiger partial charge in [0.15, 0.2) is 5.78 Å². The number of carbonyl (C=O) groups is 7. The van der Waals surface area contributed by atoms with E-state index in [9.17, 15) is 33.6 Å². The molecule has 0 saturated carbocycles. The van der Waals surface area contributed by atoms with E-state index in [1.54, 1.807) is 54.6 Å². The highest BCUT2D eigenvalue weighted by molar-refractivity contribution is 6.22. The molecule has 12 nitrogen and oxygen atoms in total. The molecule has 5 aromatic rings. The predicted molar refractivity (Wildman–Crippen MR) is 218 cm³/mol. The van der Waals surface area contributed by atoms with Gasteiger partial charge >= 0.3 is 17.9 Å². The summed E-state index contributed by atoms with van der Waals surface area (Å²) < 4.78 is 16.0. The normalized spacial score (nSPS) is 12.5. The molecular formula is C47H36N2O10. The quantitative estimate of drug-likeness (QED) is 0.0424. The third-order valence-corrected chi connectivity index (χ3v) is 9.20. The Morgan fingerprint density at radius 2 is 0.881 bits per heavy atom. The van der Waals surface area contributed by atoms with Gasteiger partial charge in [0.25, 0.3) is 17.7 Å². The molecular weight excluding hydrogens is 753 g/mol. The number of hydrogen-bond donors (Lipinski definition) is 0. The maximum Gasteiger partial charge on any atom is 0.343 e. The average Bonchev–Trinajstić information content (AvgIpc) is 3.61. The van der Waals surface area contributed by atoms with Gasteiger partial charge in [0.05, 0.1) is 33.4 Å². The highest BCUT2D eigenvalue weighted by atomic mass is 16.5. The molecule has 0 aliphatic carbocycles. The first-order chi connectivity index (χ1) is 28.3. The van der Waals surface area contributed by atoms with Crippen molar-refractivity contribution in [3.63, 3.8) is 0 Å². The van der Waals surface area contributed by atoms with Gasteiger partial charge in [0.2, 0.25) is 0 Å². The number of imide groups is 1. The largest absolute Gasteiger partial charge is 0.423 e. The lowest BCUT2D eigenvalue weighted by Crippen LogP contribution is -2.29. The molecule has 0 N–H and O–H groups in total. The Morgan fingerprint density at radius 1 is 0.508 bits per heavy atom. The van der Waals surface area contributed by atoms with Crippen molar-refractivity contribution in [1.82, 2.24) is 9.80 Å². The Bertz CT molecular complexity index is 2570. The van der Waals surface area contributed by atoms with Crippen LogP contribution in [0.5, 0.6) is 17.2 Å². The van der Waals surface area contributed by atoms with Gasteiger partial charge in [-0.05, 0) is 105 Å². The minimum Gasteiger partial charge on any atom is -0.423 e. The molecule has 5 aromatic carbocycles. The van der Waals surface area contributed by atoms with Gasteiger partial charge in [-0.3, -0.25) is 24.1 Å². The van der Waals surface area contributed by atoms with Crippen molar-refractivity contribution in [2.24, 2.45) is 0 Å². The number of ether oxygens (including phenoxy) is 3. The van der Waals surface area contributed by atoms with Gasteiger partial charge in [-0.25, -0.2) is 14.4 Å². The third kappa shape index (κ3) is 8.87. The third-order valence-electron chi connectivity index (χ3n) is 9.20. The van der Waals surface area contributed by atoms with E-state index in [0.717, 1.165) is 10.5 Å². The van der Waals surface area contributed by atoms with Gasteiger partial charge in [-0.2, -0.15) is 0 Å². The maximum absolute atomic E-state index is 12.6. The summed E-state index contributed by atoms with van der Waals surface area (Å²) in [4.78, 5) is 88.3. The Morgan fingerprint density at radius 3 is 1.37 bits per heavy atom. The number of amides is 3. The van der Waals surface area contributed by atoms with Crippen LogP contribution in [0.25, 0.3) is 5.70 Å². The Hall–Kier alpha value is -7.99. The summed E-state index contributed by atoms with van der Waals surface area (Å²) >= 11 is 0. The number of hydrogen-bond acceptors (Lipinski definition) is 10. The molecule has 294 valence electrons. The number of fused-ring (bicyclic) bond motifs is 2. The molecule has 2 heterocycles. The van der Waals surface area contributed by atoms with Crippen LogP contribution >= 0.6 is 0 Å². The fourth-order valence-corrected chi connectivity index (χ4v) is 6.07. The van der Waals surface area contributed by atoms with E-state index in [1.807, 2.05) is 19.1 Å². The van der Waals surface area contributed by atoms with E-state index >= 15 is 0 Å². The highest BCUT2D eigenvalue weighted by Crippen LogP contribution is 2.32. The topological polar surface area (TPSA) is 154 Å². The van der Waals surface area contributed by atoms with Gasteiger partial charge < -0.3 is 19.1 Å². The van der Waals surface area contributed by atoms with Crippen molar-refractivity contribution < 1.29 is 47.8 Å². The standard InChI is InChI=1S/C26H19NO6.C21H17NO4/c1-3-14-27-23(28)21-13-8-18(15-22(21)24(27)29)26(31)33-20-11-6-17(7-12-20)25(30)32-19-9-4-16(2)5-10-19;1-4-11-22-13(2)18-10-7-16(12-19(18)20(22)24)21(25)26-17-8-5-15(6-9-17)14(3)23/h3-13,15H,1,14H2,2H3;4-10,12H,1-2,11H2,3H3. The molecule has 2 aliphatic heterocycles. The van der Waals surface area contributed by atoms with Gasteiger partial charge in [-0.1, -0.05) is 42.5 Å². The number of benzene rings is 5. The predicted octanol–water partition coefficient (Wildman–Crippen LogP) is 7.94. The lowest BCUT2D eigenvalue weighted by molar-refractivity contribution is 0.0667. The monoisotopic (exact) mass is 788 g/mol. The maximum atomic E-state index is 12.6. The molecule has 0 saturated heterocycles. The van der Waals surface area contributed by atoms with Crippen LogP contribution in [0.4, 0.5) is 0 Å². The van der Waals surface area contributed by atoms with Crippen molar-refractivity contribution in [1.29, 1.82) is 0 Å². The van der Waals surface area contributed by atoms with Gasteiger partial charge in [0.1, 0.15) is 17.2 Å². The van der Waals surface area contributed by atoms with Gasteiger partial charge in [0, 0.05) is 29.9 Å². The van der Waals surface area contributed by atoms with Crippen LogP contribution in [0.15, 0.2) is 141 Å². The zero-order valence-electron chi connectivity index (χ0n) is 32.1. The Labute approximate surface area is 339 Å². The van der Waals surface area contributed by atoms with Crippen LogP contribution in [0, 0.1) is 6.92 Å². The molecule has 7 rings (SSSR count). The first-order valence-corrected chi connectivity index (χ1v) is 18.1. The number of carbonyl (C=O) groups excluding carboxylic acids is 7. The van der Waals surface area contributed by atoms with Crippen molar-refractivity contribution in [2.75, 3.05) is 13.1 Å². The first kappa shape index (κ1) is 40.7. The van der Waals surface area contributed by atoms with Crippen LogP contribution in [-0.4, -0.2) is 64.3 Å². The van der Waals surface area contributed by atoms with E-state index < -0.39 is 29.7 Å². The molecule has 2 aliphatic rings. The summed E-state index contributed by atoms with van der Waals surface area (Å²) in [6.07, 6.45) is 3.08. The Kier molecular flexibility index (Phi) is 12.0. The van der Waals surface area contributed by atoms with E-state index in [0.29, 0.717) is 46.0 Å².